The van der Waals surface area contributed by atoms with E-state index in [1.165, 1.54) is 6.07 Å². The highest BCUT2D eigenvalue weighted by Crippen LogP contribution is 2.39. The van der Waals surface area contributed by atoms with Crippen molar-refractivity contribution in [3.8, 4) is 23.1 Å². The number of benzene rings is 1. The normalized spacial score (nSPS) is 15.6. The number of ether oxygens (including phenoxy) is 1. The summed E-state index contributed by atoms with van der Waals surface area (Å²) in [5, 5.41) is 9.41. The lowest BCUT2D eigenvalue weighted by Crippen LogP contribution is -2.33. The lowest BCUT2D eigenvalue weighted by Gasteiger charge is -2.31. The maximum atomic E-state index is 13.8. The first-order valence-corrected chi connectivity index (χ1v) is 11.1. The molecule has 0 amide bonds. The van der Waals surface area contributed by atoms with E-state index >= 15 is 0 Å². The van der Waals surface area contributed by atoms with Gasteiger partial charge >= 0.3 is 6.18 Å². The standard InChI is InChI=1S/C24H26F3N5O/c1-3-32-9-6-16(7-10-32)8-11-33-22-5-4-17(12-18(22)24(25,26)27)19-13-21-23(20(14-28)30-19)29-15-31(21)2/h4-5,12-13,15-16H,3,6-11H2,1-2H3. The summed E-state index contributed by atoms with van der Waals surface area (Å²) < 4.78 is 48.9. The molecule has 1 aliphatic rings. The molecule has 174 valence electrons. The van der Waals surface area contributed by atoms with Gasteiger partial charge in [0.2, 0.25) is 0 Å². The van der Waals surface area contributed by atoms with Gasteiger partial charge in [-0.1, -0.05) is 6.92 Å². The molecule has 0 N–H and O–H groups in total. The Hall–Kier alpha value is -3.12. The average molecular weight is 458 g/mol. The summed E-state index contributed by atoms with van der Waals surface area (Å²) >= 11 is 0. The van der Waals surface area contributed by atoms with Gasteiger partial charge in [0.05, 0.1) is 29.7 Å². The number of fused-ring (bicyclic) bond motifs is 1. The number of hydrogen-bond acceptors (Lipinski definition) is 5. The van der Waals surface area contributed by atoms with Crippen LogP contribution in [0.3, 0.4) is 0 Å². The average Bonchev–Trinajstić information content (AvgIpc) is 3.19. The summed E-state index contributed by atoms with van der Waals surface area (Å²) in [4.78, 5) is 10.8. The minimum absolute atomic E-state index is 0.0751. The van der Waals surface area contributed by atoms with Crippen LogP contribution in [0, 0.1) is 17.2 Å². The second-order valence-electron chi connectivity index (χ2n) is 8.41. The van der Waals surface area contributed by atoms with Crippen LogP contribution in [0.4, 0.5) is 13.2 Å². The topological polar surface area (TPSA) is 67.0 Å². The second-order valence-corrected chi connectivity index (χ2v) is 8.41. The smallest absolute Gasteiger partial charge is 0.419 e. The Kier molecular flexibility index (Phi) is 6.56. The molecule has 3 heterocycles. The van der Waals surface area contributed by atoms with E-state index in [0.717, 1.165) is 45.0 Å². The zero-order valence-corrected chi connectivity index (χ0v) is 18.7. The first-order chi connectivity index (χ1) is 15.8. The first-order valence-electron chi connectivity index (χ1n) is 11.1. The second kappa shape index (κ2) is 9.40. The molecule has 6 nitrogen and oxygen atoms in total. The van der Waals surface area contributed by atoms with Gasteiger partial charge in [0.15, 0.2) is 5.69 Å². The van der Waals surface area contributed by atoms with Gasteiger partial charge in [0.25, 0.3) is 0 Å². The van der Waals surface area contributed by atoms with E-state index in [2.05, 4.69) is 21.8 Å². The molecule has 4 rings (SSSR count). The monoisotopic (exact) mass is 457 g/mol. The maximum Gasteiger partial charge on any atom is 0.419 e. The lowest BCUT2D eigenvalue weighted by atomic mass is 9.94. The highest BCUT2D eigenvalue weighted by atomic mass is 19.4. The number of aromatic nitrogens is 3. The molecular weight excluding hydrogens is 431 g/mol. The molecule has 33 heavy (non-hydrogen) atoms. The Morgan fingerprint density at radius 3 is 2.64 bits per heavy atom. The largest absolute Gasteiger partial charge is 0.493 e. The zero-order chi connectivity index (χ0) is 23.6. The Morgan fingerprint density at radius 2 is 1.97 bits per heavy atom. The lowest BCUT2D eigenvalue weighted by molar-refractivity contribution is -0.138. The van der Waals surface area contributed by atoms with Gasteiger partial charge in [-0.3, -0.25) is 0 Å². The summed E-state index contributed by atoms with van der Waals surface area (Å²) in [6, 6.07) is 7.56. The van der Waals surface area contributed by atoms with Crippen LogP contribution in [0.25, 0.3) is 22.3 Å². The van der Waals surface area contributed by atoms with E-state index < -0.39 is 11.7 Å². The van der Waals surface area contributed by atoms with Crippen LogP contribution in [0.15, 0.2) is 30.6 Å². The van der Waals surface area contributed by atoms with Crippen molar-refractivity contribution in [3.05, 3.63) is 41.9 Å². The predicted molar refractivity (Wildman–Crippen MR) is 119 cm³/mol. The Balaban J connectivity index is 1.56. The number of nitrogens with zero attached hydrogens (tertiary/aromatic N) is 5. The number of aryl methyl sites for hydroxylation is 1. The highest BCUT2D eigenvalue weighted by molar-refractivity contribution is 5.84. The SMILES string of the molecule is CCN1CCC(CCOc2ccc(-c3cc4c(ncn4C)c(C#N)n3)cc2C(F)(F)F)CC1. The molecule has 0 bridgehead atoms. The molecule has 0 spiro atoms. The number of halogens is 3. The summed E-state index contributed by atoms with van der Waals surface area (Å²) in [5.74, 6) is 0.292. The summed E-state index contributed by atoms with van der Waals surface area (Å²) in [5.41, 5.74) is 0.824. The minimum atomic E-state index is -4.58. The molecule has 2 aromatic heterocycles. The van der Waals surface area contributed by atoms with Crippen molar-refractivity contribution in [2.75, 3.05) is 26.2 Å². The molecular formula is C24H26F3N5O. The van der Waals surface area contributed by atoms with Crippen molar-refractivity contribution >= 4 is 11.0 Å². The first kappa shape index (κ1) is 23.1. The van der Waals surface area contributed by atoms with Gasteiger partial charge in [0.1, 0.15) is 17.3 Å². The fraction of sp³-hybridized carbons (Fsp3) is 0.458. The van der Waals surface area contributed by atoms with Crippen LogP contribution < -0.4 is 4.74 Å². The molecule has 1 fully saturated rings. The number of hydrogen-bond donors (Lipinski definition) is 0. The van der Waals surface area contributed by atoms with Gasteiger partial charge in [-0.2, -0.15) is 18.4 Å². The van der Waals surface area contributed by atoms with Crippen molar-refractivity contribution in [1.82, 2.24) is 19.4 Å². The highest BCUT2D eigenvalue weighted by Gasteiger charge is 2.35. The van der Waals surface area contributed by atoms with Crippen molar-refractivity contribution in [2.24, 2.45) is 13.0 Å². The van der Waals surface area contributed by atoms with E-state index in [1.54, 1.807) is 30.1 Å². The quantitative estimate of drug-likeness (QED) is 0.520. The van der Waals surface area contributed by atoms with E-state index in [4.69, 9.17) is 4.74 Å². The number of pyridine rings is 1. The van der Waals surface area contributed by atoms with Gasteiger partial charge < -0.3 is 14.2 Å². The number of piperidine rings is 1. The number of nitriles is 1. The van der Waals surface area contributed by atoms with Crippen molar-refractivity contribution in [3.63, 3.8) is 0 Å². The van der Waals surface area contributed by atoms with E-state index in [9.17, 15) is 18.4 Å². The molecule has 9 heteroatoms. The van der Waals surface area contributed by atoms with Crippen molar-refractivity contribution in [1.29, 1.82) is 5.26 Å². The van der Waals surface area contributed by atoms with Crippen LogP contribution in [-0.4, -0.2) is 45.7 Å². The Labute approximate surface area is 190 Å². The fourth-order valence-electron chi connectivity index (χ4n) is 4.32. The van der Waals surface area contributed by atoms with Crippen LogP contribution in [0.5, 0.6) is 5.75 Å². The number of rotatable bonds is 6. The number of alkyl halides is 3. The molecule has 0 unspecified atom stereocenters. The number of likely N-dealkylation sites (tertiary alicyclic amines) is 1. The third-order valence-electron chi connectivity index (χ3n) is 6.34. The molecule has 1 aliphatic heterocycles. The van der Waals surface area contributed by atoms with E-state index in [-0.39, 0.29) is 29.3 Å². The van der Waals surface area contributed by atoms with Crippen molar-refractivity contribution in [2.45, 2.75) is 32.4 Å². The van der Waals surface area contributed by atoms with Gasteiger partial charge in [-0.25, -0.2) is 9.97 Å². The molecule has 0 radical (unpaired) electrons. The van der Waals surface area contributed by atoms with Crippen LogP contribution >= 0.6 is 0 Å². The van der Waals surface area contributed by atoms with Gasteiger partial charge in [-0.15, -0.1) is 0 Å². The summed E-state index contributed by atoms with van der Waals surface area (Å²) in [6.07, 6.45) is -0.203. The molecule has 0 saturated carbocycles. The van der Waals surface area contributed by atoms with Crippen LogP contribution in [0.1, 0.15) is 37.4 Å². The molecule has 3 aromatic rings. The molecule has 1 saturated heterocycles. The third kappa shape index (κ3) is 4.96. The molecule has 0 aliphatic carbocycles. The number of imidazole rings is 1. The van der Waals surface area contributed by atoms with Crippen molar-refractivity contribution < 1.29 is 17.9 Å². The summed E-state index contributed by atoms with van der Waals surface area (Å²) in [6.45, 7) is 5.47. The van der Waals surface area contributed by atoms with Gasteiger partial charge in [0, 0.05) is 12.6 Å². The fourth-order valence-corrected chi connectivity index (χ4v) is 4.32. The van der Waals surface area contributed by atoms with E-state index in [0.29, 0.717) is 17.0 Å². The van der Waals surface area contributed by atoms with Crippen LogP contribution in [-0.2, 0) is 13.2 Å². The van der Waals surface area contributed by atoms with Gasteiger partial charge in [-0.05, 0) is 69.1 Å². The summed E-state index contributed by atoms with van der Waals surface area (Å²) in [7, 11) is 1.75. The Bertz CT molecular complexity index is 1170. The minimum Gasteiger partial charge on any atom is -0.493 e. The zero-order valence-electron chi connectivity index (χ0n) is 18.7. The Morgan fingerprint density at radius 1 is 1.21 bits per heavy atom. The van der Waals surface area contributed by atoms with Crippen LogP contribution in [0.2, 0.25) is 0 Å². The predicted octanol–water partition coefficient (Wildman–Crippen LogP) is 5.03. The molecule has 1 aromatic carbocycles. The third-order valence-corrected chi connectivity index (χ3v) is 6.34. The molecule has 0 atom stereocenters. The maximum absolute atomic E-state index is 13.8. The van der Waals surface area contributed by atoms with E-state index in [1.807, 2.05) is 6.07 Å².